The average molecular weight is 486 g/mol. The van der Waals surface area contributed by atoms with Gasteiger partial charge in [0.15, 0.2) is 0 Å². The van der Waals surface area contributed by atoms with Gasteiger partial charge in [0.2, 0.25) is 10.0 Å². The third kappa shape index (κ3) is 5.62. The largest absolute Gasteiger partial charge is 0.360 e. The van der Waals surface area contributed by atoms with E-state index < -0.39 is 21.4 Å². The third-order valence-corrected chi connectivity index (χ3v) is 8.61. The molecule has 1 spiro atoms. The zero-order chi connectivity index (χ0) is 24.3. The highest BCUT2D eigenvalue weighted by Crippen LogP contribution is 2.35. The summed E-state index contributed by atoms with van der Waals surface area (Å²) in [5.74, 6) is 0.0206. The summed E-state index contributed by atoms with van der Waals surface area (Å²) in [5, 5.41) is -0.477. The van der Waals surface area contributed by atoms with Gasteiger partial charge in [-0.15, -0.1) is 0 Å². The van der Waals surface area contributed by atoms with Gasteiger partial charge in [-0.1, -0.05) is 30.3 Å². The summed E-state index contributed by atoms with van der Waals surface area (Å²) in [5.41, 5.74) is 2.33. The molecule has 2 aromatic rings. The quantitative estimate of drug-likeness (QED) is 0.648. The molecule has 7 nitrogen and oxygen atoms in total. The second kappa shape index (κ2) is 10.1. The minimum atomic E-state index is -3.35. The Kier molecular flexibility index (Phi) is 7.31. The molecule has 2 aliphatic heterocycles. The Morgan fingerprint density at radius 3 is 2.47 bits per heavy atom. The molecular formula is C26H35N3O4S. The molecule has 34 heavy (non-hydrogen) atoms. The van der Waals surface area contributed by atoms with Crippen LogP contribution >= 0.6 is 0 Å². The van der Waals surface area contributed by atoms with E-state index >= 15 is 0 Å². The number of likely N-dealkylation sites (tertiary alicyclic amines) is 1. The number of anilines is 2. The number of carbonyl (C=O) groups excluding carboxylic acids is 1. The normalized spacial score (nSPS) is 21.2. The summed E-state index contributed by atoms with van der Waals surface area (Å²) in [7, 11) is -3.35. The van der Waals surface area contributed by atoms with Gasteiger partial charge in [0.05, 0.1) is 17.4 Å². The van der Waals surface area contributed by atoms with Crippen molar-refractivity contribution in [1.82, 2.24) is 4.90 Å². The topological polar surface area (TPSA) is 79.0 Å². The van der Waals surface area contributed by atoms with Gasteiger partial charge in [-0.3, -0.25) is 9.52 Å². The van der Waals surface area contributed by atoms with Crippen molar-refractivity contribution in [1.29, 1.82) is 0 Å². The van der Waals surface area contributed by atoms with Crippen LogP contribution in [0.1, 0.15) is 39.2 Å². The van der Waals surface area contributed by atoms with Gasteiger partial charge < -0.3 is 14.5 Å². The number of carbonyl (C=O) groups is 1. The molecule has 4 rings (SSSR count). The van der Waals surface area contributed by atoms with Gasteiger partial charge in [-0.25, -0.2) is 8.42 Å². The molecule has 0 bridgehead atoms. The Morgan fingerprint density at radius 2 is 1.79 bits per heavy atom. The standard InChI is InChI=1S/C26H35N3O4S/c1-20(2)34(31,32)27-23-9-7-8-22(18-23)12-15-28-16-13-26(14-17-28)19-29(25(30)21(3)33-26)24-10-5-4-6-11-24/h4-11,18,20-21,27H,12-17,19H2,1-3H3. The highest BCUT2D eigenvalue weighted by atomic mass is 32.2. The number of benzene rings is 2. The molecule has 0 saturated carbocycles. The summed E-state index contributed by atoms with van der Waals surface area (Å²) in [6.45, 7) is 8.49. The van der Waals surface area contributed by atoms with Crippen LogP contribution in [0.5, 0.6) is 0 Å². The zero-order valence-corrected chi connectivity index (χ0v) is 21.1. The van der Waals surface area contributed by atoms with Gasteiger partial charge in [0.1, 0.15) is 6.10 Å². The van der Waals surface area contributed by atoms with Crippen molar-refractivity contribution < 1.29 is 17.9 Å². The maximum Gasteiger partial charge on any atom is 0.255 e. The summed E-state index contributed by atoms with van der Waals surface area (Å²) in [4.78, 5) is 17.1. The van der Waals surface area contributed by atoms with Crippen molar-refractivity contribution in [2.45, 2.75) is 57.0 Å². The lowest BCUT2D eigenvalue weighted by molar-refractivity contribution is -0.161. The Labute approximate surface area is 203 Å². The first-order valence-corrected chi connectivity index (χ1v) is 13.6. The van der Waals surface area contributed by atoms with E-state index in [1.807, 2.05) is 60.4 Å². The molecule has 2 heterocycles. The van der Waals surface area contributed by atoms with E-state index in [9.17, 15) is 13.2 Å². The van der Waals surface area contributed by atoms with E-state index in [0.29, 0.717) is 12.2 Å². The van der Waals surface area contributed by atoms with Crippen LogP contribution in [-0.2, 0) is 26.0 Å². The van der Waals surface area contributed by atoms with E-state index in [-0.39, 0.29) is 11.5 Å². The number of hydrogen-bond donors (Lipinski definition) is 1. The lowest BCUT2D eigenvalue weighted by Crippen LogP contribution is -2.61. The van der Waals surface area contributed by atoms with Crippen molar-refractivity contribution in [3.05, 3.63) is 60.2 Å². The van der Waals surface area contributed by atoms with Gasteiger partial charge in [0.25, 0.3) is 5.91 Å². The zero-order valence-electron chi connectivity index (χ0n) is 20.2. The van der Waals surface area contributed by atoms with Gasteiger partial charge in [0, 0.05) is 31.0 Å². The number of nitrogens with one attached hydrogen (secondary N) is 1. The molecule has 1 N–H and O–H groups in total. The van der Waals surface area contributed by atoms with E-state index in [1.165, 1.54) is 0 Å². The lowest BCUT2D eigenvalue weighted by Gasteiger charge is -2.49. The summed E-state index contributed by atoms with van der Waals surface area (Å²) in [6.07, 6.45) is 2.15. The Balaban J connectivity index is 1.34. The fourth-order valence-corrected chi connectivity index (χ4v) is 5.39. The van der Waals surface area contributed by atoms with Gasteiger partial charge in [-0.2, -0.15) is 0 Å². The van der Waals surface area contributed by atoms with Crippen molar-refractivity contribution >= 4 is 27.3 Å². The molecule has 0 aromatic heterocycles. The van der Waals surface area contributed by atoms with Crippen LogP contribution in [0.4, 0.5) is 11.4 Å². The smallest absolute Gasteiger partial charge is 0.255 e. The molecule has 2 aromatic carbocycles. The molecule has 184 valence electrons. The SMILES string of the molecule is CC1OC2(CCN(CCc3cccc(NS(=O)(=O)C(C)C)c3)CC2)CN(c2ccccc2)C1=O. The Morgan fingerprint density at radius 1 is 1.09 bits per heavy atom. The number of para-hydroxylation sites is 1. The maximum absolute atomic E-state index is 12.8. The first-order chi connectivity index (χ1) is 16.2. The fraction of sp³-hybridized carbons (Fsp3) is 0.500. The number of sulfonamides is 1. The van der Waals surface area contributed by atoms with Crippen molar-refractivity contribution in [2.24, 2.45) is 0 Å². The van der Waals surface area contributed by atoms with Gasteiger partial charge in [-0.05, 0) is 69.9 Å². The van der Waals surface area contributed by atoms with Crippen LogP contribution in [0, 0.1) is 0 Å². The number of nitrogens with zero attached hydrogens (tertiary/aromatic N) is 2. The molecule has 2 fully saturated rings. The molecule has 2 saturated heterocycles. The van der Waals surface area contributed by atoms with Crippen LogP contribution in [-0.4, -0.2) is 62.4 Å². The fourth-order valence-electron chi connectivity index (χ4n) is 4.69. The minimum Gasteiger partial charge on any atom is -0.360 e. The predicted molar refractivity (Wildman–Crippen MR) is 136 cm³/mol. The number of rotatable bonds is 7. The van der Waals surface area contributed by atoms with Gasteiger partial charge >= 0.3 is 0 Å². The highest BCUT2D eigenvalue weighted by molar-refractivity contribution is 7.93. The molecule has 0 radical (unpaired) electrons. The lowest BCUT2D eigenvalue weighted by atomic mass is 9.88. The number of hydrogen-bond acceptors (Lipinski definition) is 5. The molecule has 1 amide bonds. The molecule has 1 atom stereocenters. The van der Waals surface area contributed by atoms with Crippen LogP contribution in [0.2, 0.25) is 0 Å². The van der Waals surface area contributed by atoms with Crippen LogP contribution < -0.4 is 9.62 Å². The van der Waals surface area contributed by atoms with E-state index in [0.717, 1.165) is 50.1 Å². The van der Waals surface area contributed by atoms with Crippen LogP contribution in [0.25, 0.3) is 0 Å². The number of piperidine rings is 1. The predicted octanol–water partition coefficient (Wildman–Crippen LogP) is 3.67. The Bertz CT molecular complexity index is 1100. The number of amides is 1. The highest BCUT2D eigenvalue weighted by Gasteiger charge is 2.45. The number of ether oxygens (including phenoxy) is 1. The number of morpholine rings is 1. The van der Waals surface area contributed by atoms with Crippen LogP contribution in [0.15, 0.2) is 54.6 Å². The van der Waals surface area contributed by atoms with E-state index in [1.54, 1.807) is 19.9 Å². The molecule has 2 aliphatic rings. The summed E-state index contributed by atoms with van der Waals surface area (Å²) in [6, 6.07) is 17.5. The van der Waals surface area contributed by atoms with Crippen molar-refractivity contribution in [3.8, 4) is 0 Å². The first kappa shape index (κ1) is 24.7. The molecule has 0 aliphatic carbocycles. The minimum absolute atomic E-state index is 0.0206. The average Bonchev–Trinajstić information content (AvgIpc) is 2.82. The first-order valence-electron chi connectivity index (χ1n) is 12.0. The van der Waals surface area contributed by atoms with E-state index in [4.69, 9.17) is 4.74 Å². The Hall–Kier alpha value is -2.42. The summed E-state index contributed by atoms with van der Waals surface area (Å²) >= 11 is 0. The summed E-state index contributed by atoms with van der Waals surface area (Å²) < 4.78 is 33.3. The monoisotopic (exact) mass is 485 g/mol. The van der Waals surface area contributed by atoms with Crippen molar-refractivity contribution in [3.63, 3.8) is 0 Å². The maximum atomic E-state index is 12.8. The molecule has 8 heteroatoms. The van der Waals surface area contributed by atoms with Crippen LogP contribution in [0.3, 0.4) is 0 Å². The van der Waals surface area contributed by atoms with Crippen molar-refractivity contribution in [2.75, 3.05) is 35.8 Å². The molecule has 1 unspecified atom stereocenters. The molecular weight excluding hydrogens is 450 g/mol. The second-order valence-corrected chi connectivity index (χ2v) is 11.9. The third-order valence-electron chi connectivity index (χ3n) is 6.85. The second-order valence-electron chi connectivity index (χ2n) is 9.69. The van der Waals surface area contributed by atoms with E-state index in [2.05, 4.69) is 9.62 Å².